The number of piperazine rings is 1. The third-order valence-corrected chi connectivity index (χ3v) is 9.51. The van der Waals surface area contributed by atoms with Crippen molar-refractivity contribution in [3.8, 4) is 11.1 Å². The zero-order chi connectivity index (χ0) is 29.7. The molecule has 2 N–H and O–H groups in total. The number of anilines is 1. The lowest BCUT2D eigenvalue weighted by atomic mass is 9.90. The summed E-state index contributed by atoms with van der Waals surface area (Å²) in [6.07, 6.45) is 5.83. The van der Waals surface area contributed by atoms with Gasteiger partial charge in [0.2, 0.25) is 5.91 Å². The molecule has 1 amide bonds. The minimum atomic E-state index is -0.760. The van der Waals surface area contributed by atoms with Crippen molar-refractivity contribution in [1.29, 1.82) is 0 Å². The van der Waals surface area contributed by atoms with Gasteiger partial charge in [0.05, 0.1) is 33.9 Å². The second kappa shape index (κ2) is 11.1. The number of nitrogens with zero attached hydrogens (tertiary/aromatic N) is 6. The van der Waals surface area contributed by atoms with Crippen LogP contribution in [0.15, 0.2) is 24.9 Å². The number of hydrogen-bond donors (Lipinski definition) is 2. The Morgan fingerprint density at radius 2 is 1.95 bits per heavy atom. The SMILES string of the molecule is C=CC(=O)N1CCC(n2nc(N3CCN(CC(C)(C)O)C[C@]3(C)CC)c(-c3c(Cl)c(C)cc4[nH]ncc34)c2C)CC1. The number of carbonyl (C=O) groups is 1. The predicted molar refractivity (Wildman–Crippen MR) is 166 cm³/mol. The zero-order valence-electron chi connectivity index (χ0n) is 25.3. The van der Waals surface area contributed by atoms with Crippen LogP contribution in [0.3, 0.4) is 0 Å². The van der Waals surface area contributed by atoms with Crippen molar-refractivity contribution in [2.75, 3.05) is 44.2 Å². The van der Waals surface area contributed by atoms with Gasteiger partial charge in [0, 0.05) is 61.5 Å². The molecular weight excluding hydrogens is 538 g/mol. The predicted octanol–water partition coefficient (Wildman–Crippen LogP) is 5.11. The summed E-state index contributed by atoms with van der Waals surface area (Å²) in [6, 6.07) is 2.22. The van der Waals surface area contributed by atoms with Gasteiger partial charge in [0.25, 0.3) is 0 Å². The molecule has 2 aromatic heterocycles. The zero-order valence-corrected chi connectivity index (χ0v) is 26.1. The number of piperidine rings is 1. The molecule has 2 aliphatic rings. The first-order valence-corrected chi connectivity index (χ1v) is 15.1. The summed E-state index contributed by atoms with van der Waals surface area (Å²) in [5.41, 5.74) is 4.06. The molecule has 10 heteroatoms. The lowest BCUT2D eigenvalue weighted by Gasteiger charge is -2.50. The highest BCUT2D eigenvalue weighted by Gasteiger charge is 2.41. The summed E-state index contributed by atoms with van der Waals surface area (Å²) in [4.78, 5) is 18.9. The van der Waals surface area contributed by atoms with E-state index in [1.54, 1.807) is 0 Å². The van der Waals surface area contributed by atoms with Crippen molar-refractivity contribution in [3.05, 3.63) is 41.2 Å². The number of halogens is 1. The van der Waals surface area contributed by atoms with E-state index in [0.717, 1.165) is 78.0 Å². The normalized spacial score (nSPS) is 21.2. The average molecular weight is 582 g/mol. The molecule has 0 radical (unpaired) electrons. The number of benzene rings is 1. The number of carbonyl (C=O) groups excluding carboxylic acids is 1. The van der Waals surface area contributed by atoms with Crippen LogP contribution in [0.2, 0.25) is 5.02 Å². The molecule has 2 aliphatic heterocycles. The van der Waals surface area contributed by atoms with Crippen LogP contribution in [-0.2, 0) is 4.79 Å². The number of β-amino-alcohol motifs (C(OH)–C–C–N with tert-alkyl or cyclic N) is 1. The Labute approximate surface area is 248 Å². The van der Waals surface area contributed by atoms with Crippen molar-refractivity contribution < 1.29 is 9.90 Å². The molecule has 4 heterocycles. The summed E-state index contributed by atoms with van der Waals surface area (Å²) in [7, 11) is 0. The van der Waals surface area contributed by atoms with Crippen molar-refractivity contribution in [3.63, 3.8) is 0 Å². The lowest BCUT2D eigenvalue weighted by Crippen LogP contribution is -2.62. The number of aliphatic hydroxyl groups is 1. The van der Waals surface area contributed by atoms with Gasteiger partial charge in [-0.25, -0.2) is 0 Å². The summed E-state index contributed by atoms with van der Waals surface area (Å²) in [6.45, 7) is 20.5. The first-order valence-electron chi connectivity index (χ1n) is 14.7. The van der Waals surface area contributed by atoms with Crippen LogP contribution < -0.4 is 4.90 Å². The number of H-pyrrole nitrogens is 1. The van der Waals surface area contributed by atoms with Crippen LogP contribution in [0.1, 0.15) is 64.3 Å². The Morgan fingerprint density at radius 1 is 1.24 bits per heavy atom. The number of nitrogens with one attached hydrogen (secondary N) is 1. The second-order valence-electron chi connectivity index (χ2n) is 12.7. The number of hydrogen-bond acceptors (Lipinski definition) is 6. The number of aryl methyl sites for hydroxylation is 1. The highest BCUT2D eigenvalue weighted by atomic mass is 35.5. The lowest BCUT2D eigenvalue weighted by molar-refractivity contribution is -0.127. The maximum atomic E-state index is 12.2. The van der Waals surface area contributed by atoms with Crippen LogP contribution in [0.5, 0.6) is 0 Å². The van der Waals surface area contributed by atoms with E-state index in [2.05, 4.69) is 52.0 Å². The van der Waals surface area contributed by atoms with Gasteiger partial charge in [-0.05, 0) is 71.6 Å². The Morgan fingerprint density at radius 3 is 2.59 bits per heavy atom. The number of aromatic amines is 1. The molecule has 0 aliphatic carbocycles. The van der Waals surface area contributed by atoms with Crippen LogP contribution in [0, 0.1) is 13.8 Å². The molecule has 3 aromatic rings. The molecule has 1 aromatic carbocycles. The third-order valence-electron chi connectivity index (χ3n) is 9.03. The van der Waals surface area contributed by atoms with E-state index < -0.39 is 5.60 Å². The van der Waals surface area contributed by atoms with Gasteiger partial charge in [0.15, 0.2) is 5.82 Å². The van der Waals surface area contributed by atoms with E-state index in [4.69, 9.17) is 16.7 Å². The van der Waals surface area contributed by atoms with E-state index in [1.165, 1.54) is 6.08 Å². The molecule has 1 atom stereocenters. The number of likely N-dealkylation sites (tertiary alicyclic amines) is 1. The van der Waals surface area contributed by atoms with Crippen LogP contribution in [0.25, 0.3) is 22.0 Å². The van der Waals surface area contributed by atoms with Gasteiger partial charge in [-0.1, -0.05) is 25.1 Å². The van der Waals surface area contributed by atoms with Crippen molar-refractivity contribution >= 4 is 34.2 Å². The molecule has 5 rings (SSSR count). The highest BCUT2D eigenvalue weighted by Crippen LogP contribution is 2.46. The van der Waals surface area contributed by atoms with Crippen LogP contribution in [0.4, 0.5) is 5.82 Å². The smallest absolute Gasteiger partial charge is 0.245 e. The molecule has 2 fully saturated rings. The van der Waals surface area contributed by atoms with Crippen LogP contribution >= 0.6 is 11.6 Å². The number of amides is 1. The highest BCUT2D eigenvalue weighted by molar-refractivity contribution is 6.36. The van der Waals surface area contributed by atoms with E-state index in [9.17, 15) is 9.90 Å². The van der Waals surface area contributed by atoms with Crippen LogP contribution in [-0.4, -0.2) is 91.2 Å². The van der Waals surface area contributed by atoms with Crippen molar-refractivity contribution in [2.45, 2.75) is 78.0 Å². The first kappa shape index (κ1) is 29.6. The molecule has 0 unspecified atom stereocenters. The van der Waals surface area contributed by atoms with E-state index >= 15 is 0 Å². The number of rotatable bonds is 7. The number of aromatic nitrogens is 4. The van der Waals surface area contributed by atoms with Gasteiger partial charge < -0.3 is 14.9 Å². The standard InChI is InChI=1S/C31H44ClN7O2/c1-8-25(40)37-12-10-22(11-13-37)39-21(4)26(27-23-17-33-34-24(23)16-20(3)28(27)32)29(35-39)38-15-14-36(18-30(5,6)41)19-31(38,7)9-2/h8,16-17,22,41H,1,9-15,18-19H2,2-7H3,(H,33,34)/t31-/m0/s1. The molecule has 222 valence electrons. The molecular formula is C31H44ClN7O2. The Bertz CT molecular complexity index is 1450. The summed E-state index contributed by atoms with van der Waals surface area (Å²) < 4.78 is 2.18. The van der Waals surface area contributed by atoms with E-state index in [1.807, 2.05) is 37.9 Å². The minimum Gasteiger partial charge on any atom is -0.389 e. The molecule has 0 spiro atoms. The number of fused-ring (bicyclic) bond motifs is 1. The quantitative estimate of drug-likeness (QED) is 0.377. The molecule has 0 bridgehead atoms. The van der Waals surface area contributed by atoms with Crippen molar-refractivity contribution in [1.82, 2.24) is 29.8 Å². The largest absolute Gasteiger partial charge is 0.389 e. The maximum absolute atomic E-state index is 12.2. The van der Waals surface area contributed by atoms with E-state index in [0.29, 0.717) is 24.7 Å². The Hall–Kier alpha value is -2.88. The van der Waals surface area contributed by atoms with E-state index in [-0.39, 0.29) is 17.5 Å². The maximum Gasteiger partial charge on any atom is 0.245 e. The summed E-state index contributed by atoms with van der Waals surface area (Å²) in [5.74, 6) is 0.924. The first-order chi connectivity index (χ1) is 19.4. The van der Waals surface area contributed by atoms with Gasteiger partial charge in [-0.15, -0.1) is 0 Å². The van der Waals surface area contributed by atoms with Crippen molar-refractivity contribution in [2.24, 2.45) is 0 Å². The fourth-order valence-corrected chi connectivity index (χ4v) is 7.00. The Balaban J connectivity index is 1.63. The molecule has 9 nitrogen and oxygen atoms in total. The Kier molecular flexibility index (Phi) is 8.00. The minimum absolute atomic E-state index is 0.0152. The van der Waals surface area contributed by atoms with Gasteiger partial charge in [-0.3, -0.25) is 19.5 Å². The van der Waals surface area contributed by atoms with Gasteiger partial charge >= 0.3 is 0 Å². The second-order valence-corrected chi connectivity index (χ2v) is 13.1. The van der Waals surface area contributed by atoms with Gasteiger partial charge in [0.1, 0.15) is 0 Å². The van der Waals surface area contributed by atoms with Gasteiger partial charge in [-0.2, -0.15) is 10.2 Å². The average Bonchev–Trinajstić information content (AvgIpc) is 3.52. The fraction of sp³-hybridized carbons (Fsp3) is 0.581. The summed E-state index contributed by atoms with van der Waals surface area (Å²) in [5, 5.41) is 25.1. The topological polar surface area (TPSA) is 93.5 Å². The monoisotopic (exact) mass is 581 g/mol. The summed E-state index contributed by atoms with van der Waals surface area (Å²) >= 11 is 7.13. The molecule has 2 saturated heterocycles. The fourth-order valence-electron chi connectivity index (χ4n) is 6.75. The molecule has 0 saturated carbocycles. The third kappa shape index (κ3) is 5.51. The molecule has 41 heavy (non-hydrogen) atoms.